The molecule has 4 nitrogen and oxygen atoms in total. The number of carbonyl (C=O) groups excluding carboxylic acids is 1. The topological polar surface area (TPSA) is 56.1 Å². The number of hydrogen-bond acceptors (Lipinski definition) is 3. The van der Waals surface area contributed by atoms with Gasteiger partial charge in [0.25, 0.3) is 0 Å². The Hall–Kier alpha value is -1.93. The second kappa shape index (κ2) is 7.49. The number of benzene rings is 1. The molecular formula is C14H18FN3O. The first-order valence-electron chi connectivity index (χ1n) is 6.22. The predicted molar refractivity (Wildman–Crippen MR) is 70.7 cm³/mol. The van der Waals surface area contributed by atoms with Crippen molar-refractivity contribution in [3.8, 4) is 6.07 Å². The van der Waals surface area contributed by atoms with Gasteiger partial charge in [0.1, 0.15) is 11.9 Å². The van der Waals surface area contributed by atoms with E-state index in [0.29, 0.717) is 13.1 Å². The first kappa shape index (κ1) is 15.1. The van der Waals surface area contributed by atoms with Crippen molar-refractivity contribution in [1.82, 2.24) is 10.2 Å². The number of amides is 1. The van der Waals surface area contributed by atoms with Crippen molar-refractivity contribution in [3.63, 3.8) is 0 Å². The number of nitrogens with one attached hydrogen (secondary N) is 1. The standard InChI is InChI=1S/C14H18FN3O/c1-3-6-18(10-14(19)17-2)9-11-4-5-13(15)12(7-11)8-16/h4-5,7H,3,6,9-10H2,1-2H3,(H,17,19). The summed E-state index contributed by atoms with van der Waals surface area (Å²) in [6, 6.07) is 6.28. The molecule has 0 aliphatic carbocycles. The van der Waals surface area contributed by atoms with Gasteiger partial charge in [-0.3, -0.25) is 9.69 Å². The third-order valence-electron chi connectivity index (χ3n) is 2.74. The maximum absolute atomic E-state index is 13.2. The molecule has 0 atom stereocenters. The van der Waals surface area contributed by atoms with Crippen molar-refractivity contribution in [2.75, 3.05) is 20.1 Å². The highest BCUT2D eigenvalue weighted by atomic mass is 19.1. The van der Waals surface area contributed by atoms with Crippen molar-refractivity contribution in [2.45, 2.75) is 19.9 Å². The Morgan fingerprint density at radius 2 is 2.26 bits per heavy atom. The maximum atomic E-state index is 13.2. The number of carbonyl (C=O) groups is 1. The van der Waals surface area contributed by atoms with Crippen LogP contribution in [0.3, 0.4) is 0 Å². The summed E-state index contributed by atoms with van der Waals surface area (Å²) in [5, 5.41) is 11.4. The Bertz CT molecular complexity index is 482. The summed E-state index contributed by atoms with van der Waals surface area (Å²) in [6.07, 6.45) is 0.920. The van der Waals surface area contributed by atoms with E-state index in [1.807, 2.05) is 17.9 Å². The van der Waals surface area contributed by atoms with E-state index < -0.39 is 5.82 Å². The monoisotopic (exact) mass is 263 g/mol. The number of nitrogens with zero attached hydrogens (tertiary/aromatic N) is 2. The van der Waals surface area contributed by atoms with E-state index in [9.17, 15) is 9.18 Å². The van der Waals surface area contributed by atoms with E-state index in [0.717, 1.165) is 18.5 Å². The van der Waals surface area contributed by atoms with Crippen LogP contribution in [0.15, 0.2) is 18.2 Å². The van der Waals surface area contributed by atoms with E-state index in [-0.39, 0.29) is 11.5 Å². The first-order chi connectivity index (χ1) is 9.10. The average Bonchev–Trinajstić information content (AvgIpc) is 2.41. The molecule has 19 heavy (non-hydrogen) atoms. The second-order valence-corrected chi connectivity index (χ2v) is 4.31. The minimum atomic E-state index is -0.514. The molecule has 1 aromatic carbocycles. The van der Waals surface area contributed by atoms with Gasteiger partial charge >= 0.3 is 0 Å². The minimum Gasteiger partial charge on any atom is -0.358 e. The van der Waals surface area contributed by atoms with Crippen LogP contribution < -0.4 is 5.32 Å². The van der Waals surface area contributed by atoms with Gasteiger partial charge in [-0.05, 0) is 30.7 Å². The van der Waals surface area contributed by atoms with Crippen molar-refractivity contribution in [3.05, 3.63) is 35.1 Å². The van der Waals surface area contributed by atoms with Gasteiger partial charge in [0.05, 0.1) is 12.1 Å². The molecule has 1 aromatic rings. The fraction of sp³-hybridized carbons (Fsp3) is 0.429. The van der Waals surface area contributed by atoms with Gasteiger partial charge in [-0.1, -0.05) is 13.0 Å². The van der Waals surface area contributed by atoms with Gasteiger partial charge < -0.3 is 5.32 Å². The third kappa shape index (κ3) is 4.68. The quantitative estimate of drug-likeness (QED) is 0.849. The number of nitriles is 1. The Morgan fingerprint density at radius 1 is 1.53 bits per heavy atom. The molecule has 0 heterocycles. The van der Waals surface area contributed by atoms with Gasteiger partial charge in [-0.2, -0.15) is 5.26 Å². The largest absolute Gasteiger partial charge is 0.358 e. The van der Waals surface area contributed by atoms with Crippen molar-refractivity contribution < 1.29 is 9.18 Å². The second-order valence-electron chi connectivity index (χ2n) is 4.31. The fourth-order valence-electron chi connectivity index (χ4n) is 1.83. The van der Waals surface area contributed by atoms with Gasteiger partial charge in [-0.25, -0.2) is 4.39 Å². The molecule has 1 amide bonds. The molecule has 102 valence electrons. The highest BCUT2D eigenvalue weighted by Gasteiger charge is 2.11. The first-order valence-corrected chi connectivity index (χ1v) is 6.22. The summed E-state index contributed by atoms with van der Waals surface area (Å²) in [7, 11) is 1.60. The molecule has 0 bridgehead atoms. The molecule has 0 spiro atoms. The Morgan fingerprint density at radius 3 is 2.84 bits per heavy atom. The average molecular weight is 263 g/mol. The zero-order chi connectivity index (χ0) is 14.3. The molecule has 1 N–H and O–H groups in total. The van der Waals surface area contributed by atoms with Crippen LogP contribution in [0.2, 0.25) is 0 Å². The lowest BCUT2D eigenvalue weighted by Crippen LogP contribution is -2.35. The van der Waals surface area contributed by atoms with Crippen LogP contribution in [0.4, 0.5) is 4.39 Å². The van der Waals surface area contributed by atoms with Crippen LogP contribution >= 0.6 is 0 Å². The maximum Gasteiger partial charge on any atom is 0.233 e. The van der Waals surface area contributed by atoms with E-state index in [4.69, 9.17) is 5.26 Å². The zero-order valence-corrected chi connectivity index (χ0v) is 11.2. The van der Waals surface area contributed by atoms with Crippen molar-refractivity contribution >= 4 is 5.91 Å². The van der Waals surface area contributed by atoms with Crippen LogP contribution in [0.25, 0.3) is 0 Å². The van der Waals surface area contributed by atoms with Crippen LogP contribution in [0.5, 0.6) is 0 Å². The lowest BCUT2D eigenvalue weighted by atomic mass is 10.1. The van der Waals surface area contributed by atoms with Crippen molar-refractivity contribution in [1.29, 1.82) is 5.26 Å². The van der Waals surface area contributed by atoms with Crippen LogP contribution in [0.1, 0.15) is 24.5 Å². The molecule has 0 aromatic heterocycles. The summed E-state index contributed by atoms with van der Waals surface area (Å²) in [5.74, 6) is -0.573. The highest BCUT2D eigenvalue weighted by molar-refractivity contribution is 5.77. The smallest absolute Gasteiger partial charge is 0.233 e. The van der Waals surface area contributed by atoms with Crippen LogP contribution in [-0.4, -0.2) is 30.9 Å². The summed E-state index contributed by atoms with van der Waals surface area (Å²) in [5.41, 5.74) is 0.865. The highest BCUT2D eigenvalue weighted by Crippen LogP contribution is 2.12. The number of likely N-dealkylation sites (N-methyl/N-ethyl adjacent to an activating group) is 1. The van der Waals surface area contributed by atoms with Gasteiger partial charge in [0.15, 0.2) is 0 Å². The third-order valence-corrected chi connectivity index (χ3v) is 2.74. The Balaban J connectivity index is 2.78. The summed E-state index contributed by atoms with van der Waals surface area (Å²) >= 11 is 0. The molecule has 1 rings (SSSR count). The predicted octanol–water partition coefficient (Wildman–Crippen LogP) is 1.66. The Kier molecular flexibility index (Phi) is 5.97. The van der Waals surface area contributed by atoms with Crippen LogP contribution in [0, 0.1) is 17.1 Å². The van der Waals surface area contributed by atoms with Gasteiger partial charge in [0, 0.05) is 13.6 Å². The molecule has 0 fully saturated rings. The normalized spacial score (nSPS) is 10.3. The van der Waals surface area contributed by atoms with Crippen LogP contribution in [-0.2, 0) is 11.3 Å². The SMILES string of the molecule is CCCN(CC(=O)NC)Cc1ccc(F)c(C#N)c1. The van der Waals surface area contributed by atoms with E-state index in [2.05, 4.69) is 5.32 Å². The molecular weight excluding hydrogens is 245 g/mol. The van der Waals surface area contributed by atoms with Gasteiger partial charge in [0.2, 0.25) is 5.91 Å². The molecule has 0 saturated carbocycles. The summed E-state index contributed by atoms with van der Waals surface area (Å²) < 4.78 is 13.2. The molecule has 5 heteroatoms. The molecule has 0 saturated heterocycles. The van der Waals surface area contributed by atoms with Gasteiger partial charge in [-0.15, -0.1) is 0 Å². The number of hydrogen-bond donors (Lipinski definition) is 1. The molecule has 0 unspecified atom stereocenters. The number of rotatable bonds is 6. The fourth-order valence-corrected chi connectivity index (χ4v) is 1.83. The molecule has 0 radical (unpaired) electrons. The minimum absolute atomic E-state index is 0.0360. The van der Waals surface area contributed by atoms with E-state index in [1.165, 1.54) is 12.1 Å². The van der Waals surface area contributed by atoms with Crippen molar-refractivity contribution in [2.24, 2.45) is 0 Å². The Labute approximate surface area is 112 Å². The summed E-state index contributed by atoms with van der Waals surface area (Å²) in [6.45, 7) is 3.62. The molecule has 0 aliphatic rings. The number of halogens is 1. The lowest BCUT2D eigenvalue weighted by molar-refractivity contribution is -0.121. The zero-order valence-electron chi connectivity index (χ0n) is 11.2. The molecule has 0 aliphatic heterocycles. The lowest BCUT2D eigenvalue weighted by Gasteiger charge is -2.20. The van der Waals surface area contributed by atoms with E-state index in [1.54, 1.807) is 13.1 Å². The van der Waals surface area contributed by atoms with E-state index >= 15 is 0 Å². The summed E-state index contributed by atoms with van der Waals surface area (Å²) in [4.78, 5) is 13.4.